The van der Waals surface area contributed by atoms with Gasteiger partial charge in [0.25, 0.3) is 0 Å². The zero-order valence-corrected chi connectivity index (χ0v) is 9.10. The number of aromatic amines is 1. The van der Waals surface area contributed by atoms with E-state index in [9.17, 15) is 4.39 Å². The molecule has 1 aromatic heterocycles. The van der Waals surface area contributed by atoms with Gasteiger partial charge in [0.15, 0.2) is 4.73 Å². The molecule has 0 aliphatic rings. The molecule has 2 rings (SSSR count). The molecule has 0 atom stereocenters. The van der Waals surface area contributed by atoms with Crippen molar-refractivity contribution >= 4 is 15.9 Å². The molecule has 0 unspecified atom stereocenters. The van der Waals surface area contributed by atoms with Crippen LogP contribution in [-0.2, 0) is 0 Å². The minimum atomic E-state index is -0.235. The molecule has 0 bridgehead atoms. The van der Waals surface area contributed by atoms with Crippen LogP contribution in [0.5, 0.6) is 0 Å². The molecule has 14 heavy (non-hydrogen) atoms. The number of halogens is 2. The van der Waals surface area contributed by atoms with Crippen molar-refractivity contribution in [1.29, 1.82) is 0 Å². The first-order valence-corrected chi connectivity index (χ1v) is 4.94. The molecule has 1 heterocycles. The van der Waals surface area contributed by atoms with Crippen LogP contribution < -0.4 is 0 Å². The van der Waals surface area contributed by atoms with Gasteiger partial charge >= 0.3 is 0 Å². The van der Waals surface area contributed by atoms with Gasteiger partial charge < -0.3 is 4.98 Å². The molecule has 2 nitrogen and oxygen atoms in total. The third-order valence-electron chi connectivity index (χ3n) is 1.97. The Kier molecular flexibility index (Phi) is 2.37. The monoisotopic (exact) mass is 254 g/mol. The SMILES string of the molecule is Cc1[nH]c(Br)nc1-c1ccc(F)cc1. The van der Waals surface area contributed by atoms with E-state index in [1.165, 1.54) is 12.1 Å². The lowest BCUT2D eigenvalue weighted by Gasteiger charge is -1.97. The predicted octanol–water partition coefficient (Wildman–Crippen LogP) is 3.29. The normalized spacial score (nSPS) is 10.5. The molecule has 0 spiro atoms. The second-order valence-corrected chi connectivity index (χ2v) is 3.76. The van der Waals surface area contributed by atoms with Crippen LogP contribution in [0.2, 0.25) is 0 Å². The molecular formula is C10H8BrFN2. The lowest BCUT2D eigenvalue weighted by Crippen LogP contribution is -1.81. The van der Waals surface area contributed by atoms with Crippen molar-refractivity contribution in [3.8, 4) is 11.3 Å². The summed E-state index contributed by atoms with van der Waals surface area (Å²) < 4.78 is 13.4. The molecule has 4 heteroatoms. The Hall–Kier alpha value is -1.16. The largest absolute Gasteiger partial charge is 0.336 e. The van der Waals surface area contributed by atoms with Crippen LogP contribution in [0.4, 0.5) is 4.39 Å². The van der Waals surface area contributed by atoms with E-state index in [1.54, 1.807) is 12.1 Å². The van der Waals surface area contributed by atoms with Gasteiger partial charge in [-0.25, -0.2) is 9.37 Å². The van der Waals surface area contributed by atoms with Crippen molar-refractivity contribution in [2.75, 3.05) is 0 Å². The highest BCUT2D eigenvalue weighted by Gasteiger charge is 2.06. The maximum absolute atomic E-state index is 12.7. The van der Waals surface area contributed by atoms with E-state index >= 15 is 0 Å². The van der Waals surface area contributed by atoms with Crippen LogP contribution in [0, 0.1) is 12.7 Å². The van der Waals surface area contributed by atoms with Crippen molar-refractivity contribution in [3.05, 3.63) is 40.5 Å². The molecule has 0 saturated heterocycles. The number of imidazole rings is 1. The van der Waals surface area contributed by atoms with Crippen molar-refractivity contribution < 1.29 is 4.39 Å². The number of benzene rings is 1. The van der Waals surface area contributed by atoms with Gasteiger partial charge in [-0.2, -0.15) is 0 Å². The van der Waals surface area contributed by atoms with Gasteiger partial charge in [-0.1, -0.05) is 0 Å². The second-order valence-electron chi connectivity index (χ2n) is 3.01. The van der Waals surface area contributed by atoms with E-state index in [4.69, 9.17) is 0 Å². The zero-order valence-electron chi connectivity index (χ0n) is 7.51. The highest BCUT2D eigenvalue weighted by atomic mass is 79.9. The fraction of sp³-hybridized carbons (Fsp3) is 0.100. The molecule has 72 valence electrons. The molecule has 0 radical (unpaired) electrons. The summed E-state index contributed by atoms with van der Waals surface area (Å²) in [5.74, 6) is -0.235. The van der Waals surface area contributed by atoms with Gasteiger partial charge in [-0.05, 0) is 47.1 Å². The minimum Gasteiger partial charge on any atom is -0.336 e. The van der Waals surface area contributed by atoms with Crippen LogP contribution in [-0.4, -0.2) is 9.97 Å². The standard InChI is InChI=1S/C10H8BrFN2/c1-6-9(14-10(11)13-6)7-2-4-8(12)5-3-7/h2-5H,1H3,(H,13,14). The van der Waals surface area contributed by atoms with E-state index in [0.29, 0.717) is 4.73 Å². The number of hydrogen-bond donors (Lipinski definition) is 1. The summed E-state index contributed by atoms with van der Waals surface area (Å²) in [7, 11) is 0. The number of nitrogens with zero attached hydrogens (tertiary/aromatic N) is 1. The highest BCUT2D eigenvalue weighted by molar-refractivity contribution is 9.10. The predicted molar refractivity (Wildman–Crippen MR) is 56.4 cm³/mol. The third-order valence-corrected chi connectivity index (χ3v) is 2.35. The number of hydrogen-bond acceptors (Lipinski definition) is 1. The van der Waals surface area contributed by atoms with E-state index in [2.05, 4.69) is 25.9 Å². The minimum absolute atomic E-state index is 0.235. The zero-order chi connectivity index (χ0) is 10.1. The molecule has 0 fully saturated rings. The average molecular weight is 255 g/mol. The first-order chi connectivity index (χ1) is 6.66. The number of aromatic nitrogens is 2. The summed E-state index contributed by atoms with van der Waals surface area (Å²) in [4.78, 5) is 7.28. The van der Waals surface area contributed by atoms with Crippen molar-refractivity contribution in [2.45, 2.75) is 6.92 Å². The average Bonchev–Trinajstić information content (AvgIpc) is 2.47. The molecule has 2 aromatic rings. The molecule has 0 saturated carbocycles. The van der Waals surface area contributed by atoms with Crippen LogP contribution in [0.15, 0.2) is 29.0 Å². The van der Waals surface area contributed by atoms with Gasteiger partial charge in [0, 0.05) is 11.3 Å². The fourth-order valence-electron chi connectivity index (χ4n) is 1.31. The third kappa shape index (κ3) is 1.70. The molecule has 0 amide bonds. The summed E-state index contributed by atoms with van der Waals surface area (Å²) in [5.41, 5.74) is 2.71. The number of aryl methyl sites for hydroxylation is 1. The molecule has 1 N–H and O–H groups in total. The Morgan fingerprint density at radius 1 is 1.29 bits per heavy atom. The smallest absolute Gasteiger partial charge is 0.175 e. The first kappa shape index (κ1) is 9.40. The first-order valence-electron chi connectivity index (χ1n) is 4.15. The maximum Gasteiger partial charge on any atom is 0.175 e. The molecule has 0 aliphatic heterocycles. The van der Waals surface area contributed by atoms with Gasteiger partial charge in [-0.15, -0.1) is 0 Å². The van der Waals surface area contributed by atoms with Crippen LogP contribution in [0.1, 0.15) is 5.69 Å². The van der Waals surface area contributed by atoms with E-state index in [-0.39, 0.29) is 5.82 Å². The van der Waals surface area contributed by atoms with E-state index in [0.717, 1.165) is 17.0 Å². The highest BCUT2D eigenvalue weighted by Crippen LogP contribution is 2.22. The summed E-state index contributed by atoms with van der Waals surface area (Å²) >= 11 is 3.25. The van der Waals surface area contributed by atoms with Gasteiger partial charge in [0.1, 0.15) is 5.82 Å². The van der Waals surface area contributed by atoms with Gasteiger partial charge in [-0.3, -0.25) is 0 Å². The van der Waals surface area contributed by atoms with Crippen LogP contribution >= 0.6 is 15.9 Å². The summed E-state index contributed by atoms with van der Waals surface area (Å²) in [6.07, 6.45) is 0. The Labute approximate surface area is 89.3 Å². The van der Waals surface area contributed by atoms with Crippen molar-refractivity contribution in [3.63, 3.8) is 0 Å². The second kappa shape index (κ2) is 3.53. The van der Waals surface area contributed by atoms with Crippen molar-refractivity contribution in [2.24, 2.45) is 0 Å². The maximum atomic E-state index is 12.7. The van der Waals surface area contributed by atoms with Crippen molar-refractivity contribution in [1.82, 2.24) is 9.97 Å². The molecular weight excluding hydrogens is 247 g/mol. The van der Waals surface area contributed by atoms with Gasteiger partial charge in [0.2, 0.25) is 0 Å². The molecule has 1 aromatic carbocycles. The Balaban J connectivity index is 2.49. The number of nitrogens with one attached hydrogen (secondary N) is 1. The van der Waals surface area contributed by atoms with Crippen LogP contribution in [0.25, 0.3) is 11.3 Å². The van der Waals surface area contributed by atoms with Crippen LogP contribution in [0.3, 0.4) is 0 Å². The fourth-order valence-corrected chi connectivity index (χ4v) is 1.79. The Bertz CT molecular complexity index is 448. The quantitative estimate of drug-likeness (QED) is 0.832. The summed E-state index contributed by atoms with van der Waals surface area (Å²) in [6.45, 7) is 1.93. The molecule has 0 aliphatic carbocycles. The van der Waals surface area contributed by atoms with Gasteiger partial charge in [0.05, 0.1) is 5.69 Å². The number of rotatable bonds is 1. The number of H-pyrrole nitrogens is 1. The lowest BCUT2D eigenvalue weighted by atomic mass is 10.1. The van der Waals surface area contributed by atoms with E-state index < -0.39 is 0 Å². The summed E-state index contributed by atoms with van der Waals surface area (Å²) in [5, 5.41) is 0. The van der Waals surface area contributed by atoms with E-state index in [1.807, 2.05) is 6.92 Å². The Morgan fingerprint density at radius 2 is 1.93 bits per heavy atom. The topological polar surface area (TPSA) is 28.7 Å². The Morgan fingerprint density at radius 3 is 2.43 bits per heavy atom. The lowest BCUT2D eigenvalue weighted by molar-refractivity contribution is 0.628. The summed E-state index contributed by atoms with van der Waals surface area (Å²) in [6, 6.07) is 6.28.